The fraction of sp³-hybridized carbons (Fsp3) is 0.533. The molecule has 0 bridgehead atoms. The van der Waals surface area contributed by atoms with Gasteiger partial charge >= 0.3 is 0 Å². The molecule has 1 aromatic rings. The number of nitrogens with zero attached hydrogens (tertiary/aromatic N) is 1. The van der Waals surface area contributed by atoms with Crippen LogP contribution in [-0.4, -0.2) is 42.2 Å². The minimum absolute atomic E-state index is 0. The normalized spacial score (nSPS) is 13.9. The van der Waals surface area contributed by atoms with Crippen molar-refractivity contribution in [1.82, 2.24) is 10.6 Å². The molecule has 1 atom stereocenters. The fourth-order valence-corrected chi connectivity index (χ4v) is 3.01. The van der Waals surface area contributed by atoms with Crippen LogP contribution in [0.4, 0.5) is 0 Å². The Hall–Kier alpha value is -0.250. The van der Waals surface area contributed by atoms with Gasteiger partial charge in [0.15, 0.2) is 5.96 Å². The molecule has 0 aliphatic carbocycles. The average Bonchev–Trinajstić information content (AvgIpc) is 2.99. The number of aliphatic imine (C=N–C) groups is 1. The van der Waals surface area contributed by atoms with Crippen LogP contribution in [0.1, 0.15) is 19.4 Å². The number of rotatable bonds is 9. The van der Waals surface area contributed by atoms with Crippen molar-refractivity contribution in [3.05, 3.63) is 35.0 Å². The number of halogens is 1. The van der Waals surface area contributed by atoms with E-state index in [0.717, 1.165) is 36.1 Å². The van der Waals surface area contributed by atoms with Crippen molar-refractivity contribution >= 4 is 53.0 Å². The first kappa shape index (κ1) is 21.8. The molecule has 0 amide bonds. The van der Waals surface area contributed by atoms with E-state index in [1.807, 2.05) is 41.6 Å². The molecule has 0 aromatic carbocycles. The molecule has 0 aliphatic rings. The van der Waals surface area contributed by atoms with E-state index in [-0.39, 0.29) is 24.0 Å². The van der Waals surface area contributed by atoms with Gasteiger partial charge in [-0.15, -0.1) is 30.6 Å². The van der Waals surface area contributed by atoms with Crippen LogP contribution in [0.25, 0.3) is 0 Å². The van der Waals surface area contributed by atoms with Gasteiger partial charge in [0, 0.05) is 24.6 Å². The second-order valence-corrected chi connectivity index (χ2v) is 6.70. The first-order chi connectivity index (χ1) is 10.1. The summed E-state index contributed by atoms with van der Waals surface area (Å²) in [5.74, 6) is 2.70. The zero-order chi connectivity index (χ0) is 15.6. The number of thiophene rings is 1. The number of guanidine groups is 1. The predicted molar refractivity (Wildman–Crippen MR) is 111 cm³/mol. The van der Waals surface area contributed by atoms with E-state index < -0.39 is 5.60 Å². The highest BCUT2D eigenvalue weighted by atomic mass is 127. The van der Waals surface area contributed by atoms with Crippen molar-refractivity contribution in [2.24, 2.45) is 4.99 Å². The van der Waals surface area contributed by atoms with Gasteiger partial charge in [0.1, 0.15) is 5.60 Å². The number of hydrogen-bond donors (Lipinski definition) is 3. The standard InChI is InChI=1S/C15H25N3OS2.HI/c1-4-8-20-10-7-17-14(16-5-2)18-12-15(3,19)13-6-9-21-11-13;/h4,6,9,11,19H,1,5,7-8,10,12H2,2-3H3,(H2,16,17,18);1H. The summed E-state index contributed by atoms with van der Waals surface area (Å²) in [4.78, 5) is 4.48. The van der Waals surface area contributed by atoms with Gasteiger partial charge in [-0.05, 0) is 36.2 Å². The lowest BCUT2D eigenvalue weighted by Gasteiger charge is -2.21. The average molecular weight is 455 g/mol. The number of hydrogen-bond acceptors (Lipinski definition) is 4. The Kier molecular flexibility index (Phi) is 12.1. The van der Waals surface area contributed by atoms with Crippen molar-refractivity contribution in [3.63, 3.8) is 0 Å². The highest BCUT2D eigenvalue weighted by molar-refractivity contribution is 14.0. The molecule has 0 spiro atoms. The molecule has 1 heterocycles. The van der Waals surface area contributed by atoms with Crippen molar-refractivity contribution < 1.29 is 5.11 Å². The Balaban J connectivity index is 0.00000441. The van der Waals surface area contributed by atoms with Crippen LogP contribution in [0, 0.1) is 0 Å². The van der Waals surface area contributed by atoms with E-state index in [2.05, 4.69) is 22.2 Å². The van der Waals surface area contributed by atoms with Gasteiger partial charge in [-0.3, -0.25) is 0 Å². The molecular formula is C15H26IN3OS2. The van der Waals surface area contributed by atoms with Crippen LogP contribution in [0.15, 0.2) is 34.5 Å². The predicted octanol–water partition coefficient (Wildman–Crippen LogP) is 3.05. The molecule has 1 unspecified atom stereocenters. The molecule has 0 aliphatic heterocycles. The summed E-state index contributed by atoms with van der Waals surface area (Å²) < 4.78 is 0. The van der Waals surface area contributed by atoms with Crippen LogP contribution in [0.2, 0.25) is 0 Å². The molecule has 0 saturated carbocycles. The number of nitrogens with one attached hydrogen (secondary N) is 2. The fourth-order valence-electron chi connectivity index (χ4n) is 1.65. The van der Waals surface area contributed by atoms with Crippen LogP contribution >= 0.6 is 47.1 Å². The maximum Gasteiger partial charge on any atom is 0.191 e. The lowest BCUT2D eigenvalue weighted by Crippen LogP contribution is -2.39. The molecule has 0 radical (unpaired) electrons. The summed E-state index contributed by atoms with van der Waals surface area (Å²) in [5.41, 5.74) is -0.0198. The van der Waals surface area contributed by atoms with Gasteiger partial charge in [0.05, 0.1) is 6.54 Å². The molecule has 4 nitrogen and oxygen atoms in total. The summed E-state index contributed by atoms with van der Waals surface area (Å²) in [6.07, 6.45) is 1.90. The van der Waals surface area contributed by atoms with Gasteiger partial charge in [0.2, 0.25) is 0 Å². The van der Waals surface area contributed by atoms with Crippen molar-refractivity contribution in [3.8, 4) is 0 Å². The molecule has 22 heavy (non-hydrogen) atoms. The molecule has 126 valence electrons. The van der Waals surface area contributed by atoms with E-state index in [4.69, 9.17) is 0 Å². The number of thioether (sulfide) groups is 1. The molecule has 0 fully saturated rings. The maximum absolute atomic E-state index is 10.5. The minimum Gasteiger partial charge on any atom is -0.383 e. The summed E-state index contributed by atoms with van der Waals surface area (Å²) in [7, 11) is 0. The van der Waals surface area contributed by atoms with Crippen LogP contribution in [0.3, 0.4) is 0 Å². The van der Waals surface area contributed by atoms with Crippen molar-refractivity contribution in [2.45, 2.75) is 19.4 Å². The Labute approximate surface area is 158 Å². The van der Waals surface area contributed by atoms with Crippen molar-refractivity contribution in [1.29, 1.82) is 0 Å². The third-order valence-electron chi connectivity index (χ3n) is 2.81. The first-order valence-electron chi connectivity index (χ1n) is 7.06. The topological polar surface area (TPSA) is 56.7 Å². The van der Waals surface area contributed by atoms with Crippen LogP contribution < -0.4 is 10.6 Å². The summed E-state index contributed by atoms with van der Waals surface area (Å²) >= 11 is 3.41. The third kappa shape index (κ3) is 8.40. The van der Waals surface area contributed by atoms with Crippen LogP contribution in [0.5, 0.6) is 0 Å². The van der Waals surface area contributed by atoms with Gasteiger partial charge in [-0.25, -0.2) is 4.99 Å². The van der Waals surface area contributed by atoms with E-state index in [0.29, 0.717) is 6.54 Å². The van der Waals surface area contributed by atoms with Crippen molar-refractivity contribution in [2.75, 3.05) is 31.1 Å². The van der Waals surface area contributed by atoms with E-state index in [9.17, 15) is 5.11 Å². The van der Waals surface area contributed by atoms with E-state index in [1.54, 1.807) is 18.3 Å². The summed E-state index contributed by atoms with van der Waals surface area (Å²) in [5, 5.41) is 20.9. The summed E-state index contributed by atoms with van der Waals surface area (Å²) in [6.45, 7) is 9.49. The van der Waals surface area contributed by atoms with Gasteiger partial charge in [-0.1, -0.05) is 6.08 Å². The second kappa shape index (κ2) is 12.2. The quantitative estimate of drug-likeness (QED) is 0.176. The lowest BCUT2D eigenvalue weighted by molar-refractivity contribution is 0.0677. The summed E-state index contributed by atoms with van der Waals surface area (Å²) in [6, 6.07) is 1.94. The highest BCUT2D eigenvalue weighted by Crippen LogP contribution is 2.23. The SMILES string of the molecule is C=CCSCCNC(=NCC(C)(O)c1ccsc1)NCC.I. The van der Waals surface area contributed by atoms with Gasteiger partial charge < -0.3 is 15.7 Å². The minimum atomic E-state index is -0.931. The monoisotopic (exact) mass is 455 g/mol. The molecule has 7 heteroatoms. The zero-order valence-corrected chi connectivity index (χ0v) is 17.1. The Bertz CT molecular complexity index is 436. The smallest absolute Gasteiger partial charge is 0.191 e. The Morgan fingerprint density at radius 1 is 1.55 bits per heavy atom. The zero-order valence-electron chi connectivity index (χ0n) is 13.2. The Morgan fingerprint density at radius 2 is 2.32 bits per heavy atom. The largest absolute Gasteiger partial charge is 0.383 e. The maximum atomic E-state index is 10.5. The molecule has 3 N–H and O–H groups in total. The highest BCUT2D eigenvalue weighted by Gasteiger charge is 2.23. The van der Waals surface area contributed by atoms with Gasteiger partial charge in [0.25, 0.3) is 0 Å². The molecule has 0 saturated heterocycles. The number of aliphatic hydroxyl groups is 1. The second-order valence-electron chi connectivity index (χ2n) is 4.77. The van der Waals surface area contributed by atoms with E-state index in [1.165, 1.54) is 0 Å². The first-order valence-corrected chi connectivity index (χ1v) is 9.15. The molecular weight excluding hydrogens is 429 g/mol. The molecule has 1 rings (SSSR count). The van der Waals surface area contributed by atoms with Gasteiger partial charge in [-0.2, -0.15) is 23.1 Å². The Morgan fingerprint density at radius 3 is 2.91 bits per heavy atom. The lowest BCUT2D eigenvalue weighted by atomic mass is 10.00. The van der Waals surface area contributed by atoms with E-state index >= 15 is 0 Å². The molecule has 1 aromatic heterocycles. The third-order valence-corrected chi connectivity index (χ3v) is 4.45. The van der Waals surface area contributed by atoms with Crippen LogP contribution in [-0.2, 0) is 5.60 Å².